The number of aryl methyl sites for hydroxylation is 2. The second-order valence-corrected chi connectivity index (χ2v) is 5.71. The SMILES string of the molecule is CCOC1CC(CC(NN)c2ccc(C)c(C)c2)C1. The average molecular weight is 262 g/mol. The first-order chi connectivity index (χ1) is 9.13. The minimum atomic E-state index is 0.256. The van der Waals surface area contributed by atoms with Crippen molar-refractivity contribution in [1.29, 1.82) is 0 Å². The Morgan fingerprint density at radius 1 is 1.32 bits per heavy atom. The molecule has 106 valence electrons. The van der Waals surface area contributed by atoms with Crippen molar-refractivity contribution in [3.8, 4) is 0 Å². The molecule has 1 saturated carbocycles. The van der Waals surface area contributed by atoms with Crippen LogP contribution in [0, 0.1) is 19.8 Å². The maximum absolute atomic E-state index is 5.73. The van der Waals surface area contributed by atoms with Crippen molar-refractivity contribution < 1.29 is 4.74 Å². The quantitative estimate of drug-likeness (QED) is 0.612. The fourth-order valence-corrected chi connectivity index (χ4v) is 2.85. The highest BCUT2D eigenvalue weighted by atomic mass is 16.5. The molecule has 1 fully saturated rings. The second kappa shape index (κ2) is 6.51. The number of hydrazine groups is 1. The van der Waals surface area contributed by atoms with Crippen LogP contribution in [0.1, 0.15) is 48.9 Å². The smallest absolute Gasteiger partial charge is 0.0580 e. The first-order valence-electron chi connectivity index (χ1n) is 7.29. The van der Waals surface area contributed by atoms with Crippen LogP contribution in [0.15, 0.2) is 18.2 Å². The van der Waals surface area contributed by atoms with Gasteiger partial charge in [-0.1, -0.05) is 18.2 Å². The van der Waals surface area contributed by atoms with Gasteiger partial charge >= 0.3 is 0 Å². The molecule has 19 heavy (non-hydrogen) atoms. The van der Waals surface area contributed by atoms with Gasteiger partial charge in [0, 0.05) is 12.6 Å². The van der Waals surface area contributed by atoms with Gasteiger partial charge in [-0.2, -0.15) is 0 Å². The summed E-state index contributed by atoms with van der Waals surface area (Å²) in [7, 11) is 0. The molecule has 3 heteroatoms. The van der Waals surface area contributed by atoms with Gasteiger partial charge in [-0.25, -0.2) is 0 Å². The number of hydrogen-bond donors (Lipinski definition) is 2. The van der Waals surface area contributed by atoms with Crippen LogP contribution in [0.2, 0.25) is 0 Å². The summed E-state index contributed by atoms with van der Waals surface area (Å²) in [5.74, 6) is 6.47. The Bertz CT molecular complexity index is 413. The van der Waals surface area contributed by atoms with Crippen LogP contribution >= 0.6 is 0 Å². The lowest BCUT2D eigenvalue weighted by atomic mass is 9.77. The van der Waals surface area contributed by atoms with E-state index in [0.717, 1.165) is 18.9 Å². The number of rotatable bonds is 6. The topological polar surface area (TPSA) is 47.3 Å². The predicted molar refractivity (Wildman–Crippen MR) is 78.7 cm³/mol. The van der Waals surface area contributed by atoms with E-state index in [1.54, 1.807) is 0 Å². The molecule has 3 nitrogen and oxygen atoms in total. The lowest BCUT2D eigenvalue weighted by molar-refractivity contribution is -0.0291. The third-order valence-electron chi connectivity index (χ3n) is 4.30. The van der Waals surface area contributed by atoms with Crippen molar-refractivity contribution in [1.82, 2.24) is 5.43 Å². The van der Waals surface area contributed by atoms with E-state index in [-0.39, 0.29) is 6.04 Å². The molecule has 1 aromatic rings. The zero-order valence-corrected chi connectivity index (χ0v) is 12.3. The van der Waals surface area contributed by atoms with Crippen LogP contribution in [-0.2, 0) is 4.74 Å². The molecule has 1 aliphatic rings. The van der Waals surface area contributed by atoms with E-state index in [4.69, 9.17) is 10.6 Å². The molecule has 2 rings (SSSR count). The highest BCUT2D eigenvalue weighted by molar-refractivity contribution is 5.31. The summed E-state index contributed by atoms with van der Waals surface area (Å²) >= 11 is 0. The van der Waals surface area contributed by atoms with Crippen LogP contribution in [-0.4, -0.2) is 12.7 Å². The van der Waals surface area contributed by atoms with E-state index < -0.39 is 0 Å². The van der Waals surface area contributed by atoms with Gasteiger partial charge < -0.3 is 4.74 Å². The van der Waals surface area contributed by atoms with Crippen LogP contribution in [0.4, 0.5) is 0 Å². The van der Waals surface area contributed by atoms with Crippen molar-refractivity contribution in [3.63, 3.8) is 0 Å². The Hall–Kier alpha value is -0.900. The van der Waals surface area contributed by atoms with Gasteiger partial charge in [0.15, 0.2) is 0 Å². The van der Waals surface area contributed by atoms with Crippen LogP contribution in [0.25, 0.3) is 0 Å². The molecule has 1 unspecified atom stereocenters. The van der Waals surface area contributed by atoms with Gasteiger partial charge in [0.05, 0.1) is 6.10 Å². The number of hydrogen-bond acceptors (Lipinski definition) is 3. The summed E-state index contributed by atoms with van der Waals surface area (Å²) in [4.78, 5) is 0. The summed E-state index contributed by atoms with van der Waals surface area (Å²) in [6.07, 6.45) is 3.93. The molecule has 0 aliphatic heterocycles. The maximum Gasteiger partial charge on any atom is 0.0580 e. The molecule has 0 radical (unpaired) electrons. The van der Waals surface area contributed by atoms with E-state index >= 15 is 0 Å². The molecule has 0 amide bonds. The first-order valence-corrected chi connectivity index (χ1v) is 7.29. The molecule has 0 heterocycles. The highest BCUT2D eigenvalue weighted by Gasteiger charge is 2.31. The molecule has 0 spiro atoms. The van der Waals surface area contributed by atoms with Crippen LogP contribution in [0.5, 0.6) is 0 Å². The third kappa shape index (κ3) is 3.56. The summed E-state index contributed by atoms with van der Waals surface area (Å²) < 4.78 is 5.61. The van der Waals surface area contributed by atoms with E-state index in [2.05, 4.69) is 44.4 Å². The van der Waals surface area contributed by atoms with Gasteiger partial charge in [-0.15, -0.1) is 0 Å². The van der Waals surface area contributed by atoms with Crippen molar-refractivity contribution >= 4 is 0 Å². The molecule has 0 aromatic heterocycles. The normalized spacial score (nSPS) is 24.0. The highest BCUT2D eigenvalue weighted by Crippen LogP contribution is 2.36. The zero-order valence-electron chi connectivity index (χ0n) is 12.3. The number of ether oxygens (including phenoxy) is 1. The van der Waals surface area contributed by atoms with Crippen molar-refractivity contribution in [3.05, 3.63) is 34.9 Å². The standard InChI is InChI=1S/C16H26N2O/c1-4-19-15-8-13(9-15)10-16(18-17)14-6-5-11(2)12(3)7-14/h5-7,13,15-16,18H,4,8-10,17H2,1-3H3. The number of benzene rings is 1. The van der Waals surface area contributed by atoms with Crippen molar-refractivity contribution in [2.24, 2.45) is 11.8 Å². The van der Waals surface area contributed by atoms with Crippen molar-refractivity contribution in [2.45, 2.75) is 52.2 Å². The van der Waals surface area contributed by atoms with Gasteiger partial charge in [0.2, 0.25) is 0 Å². The molecular formula is C16H26N2O. The largest absolute Gasteiger partial charge is 0.378 e. The first kappa shape index (κ1) is 14.5. The lowest BCUT2D eigenvalue weighted by Gasteiger charge is -2.37. The summed E-state index contributed by atoms with van der Waals surface area (Å²) in [5.41, 5.74) is 6.93. The minimum Gasteiger partial charge on any atom is -0.378 e. The molecule has 1 atom stereocenters. The zero-order chi connectivity index (χ0) is 13.8. The van der Waals surface area contributed by atoms with Crippen molar-refractivity contribution in [2.75, 3.05) is 6.61 Å². The Morgan fingerprint density at radius 2 is 2.05 bits per heavy atom. The van der Waals surface area contributed by atoms with Gasteiger partial charge in [-0.3, -0.25) is 11.3 Å². The Kier molecular flexibility index (Phi) is 4.97. The monoisotopic (exact) mass is 262 g/mol. The Morgan fingerprint density at radius 3 is 2.63 bits per heavy atom. The average Bonchev–Trinajstić information content (AvgIpc) is 2.36. The molecular weight excluding hydrogens is 236 g/mol. The molecule has 1 aromatic carbocycles. The maximum atomic E-state index is 5.73. The Labute approximate surface area is 116 Å². The van der Waals surface area contributed by atoms with Gasteiger partial charge in [0.25, 0.3) is 0 Å². The minimum absolute atomic E-state index is 0.256. The van der Waals surface area contributed by atoms with Crippen LogP contribution < -0.4 is 11.3 Å². The lowest BCUT2D eigenvalue weighted by Crippen LogP contribution is -2.36. The third-order valence-corrected chi connectivity index (χ3v) is 4.30. The summed E-state index contributed by atoms with van der Waals surface area (Å²) in [6.45, 7) is 7.18. The summed E-state index contributed by atoms with van der Waals surface area (Å²) in [6, 6.07) is 6.87. The predicted octanol–water partition coefficient (Wildman–Crippen LogP) is 3.01. The number of nitrogens with one attached hydrogen (secondary N) is 1. The second-order valence-electron chi connectivity index (χ2n) is 5.71. The van der Waals surface area contributed by atoms with Crippen LogP contribution in [0.3, 0.4) is 0 Å². The summed E-state index contributed by atoms with van der Waals surface area (Å²) in [5, 5.41) is 0. The van der Waals surface area contributed by atoms with E-state index in [0.29, 0.717) is 6.10 Å². The molecule has 0 saturated heterocycles. The van der Waals surface area contributed by atoms with E-state index in [9.17, 15) is 0 Å². The van der Waals surface area contributed by atoms with E-state index in [1.165, 1.54) is 29.5 Å². The van der Waals surface area contributed by atoms with E-state index in [1.807, 2.05) is 0 Å². The molecule has 3 N–H and O–H groups in total. The number of nitrogens with two attached hydrogens (primary N) is 1. The fraction of sp³-hybridized carbons (Fsp3) is 0.625. The Balaban J connectivity index is 1.92. The molecule has 1 aliphatic carbocycles. The fourth-order valence-electron chi connectivity index (χ4n) is 2.85. The molecule has 0 bridgehead atoms. The van der Waals surface area contributed by atoms with Gasteiger partial charge in [-0.05, 0) is 62.6 Å². The van der Waals surface area contributed by atoms with Gasteiger partial charge in [0.1, 0.15) is 0 Å².